The molecule has 0 radical (unpaired) electrons. The van der Waals surface area contributed by atoms with Crippen LogP contribution < -0.4 is 0 Å². The number of nitrogens with zero attached hydrogens (tertiary/aromatic N) is 4. The van der Waals surface area contributed by atoms with Gasteiger partial charge in [0.2, 0.25) is 0 Å². The van der Waals surface area contributed by atoms with Crippen LogP contribution in [0.5, 0.6) is 0 Å². The Hall–Kier alpha value is -1.58. The van der Waals surface area contributed by atoms with Crippen molar-refractivity contribution in [2.75, 3.05) is 0 Å². The number of hydrogen-bond acceptors (Lipinski definition) is 2. The number of hydrogen-bond donors (Lipinski definition) is 0. The fraction of sp³-hybridized carbons (Fsp3) is 0.538. The van der Waals surface area contributed by atoms with E-state index in [2.05, 4.69) is 28.5 Å². The molecule has 0 atom stereocenters. The maximum atomic E-state index is 4.08. The summed E-state index contributed by atoms with van der Waals surface area (Å²) in [5, 5.41) is 4.03. The first-order chi connectivity index (χ1) is 7.43. The van der Waals surface area contributed by atoms with E-state index in [1.54, 1.807) is 0 Å². The SMILES string of the molecule is C.Cc1cnc(C)n1C.Cc1cnn(C)c1C. The van der Waals surface area contributed by atoms with Gasteiger partial charge in [0.1, 0.15) is 5.82 Å². The van der Waals surface area contributed by atoms with Crippen LogP contribution in [-0.2, 0) is 14.1 Å². The molecule has 0 aliphatic rings. The number of rotatable bonds is 0. The Kier molecular flexibility index (Phi) is 5.65. The summed E-state index contributed by atoms with van der Waals surface area (Å²) in [6.07, 6.45) is 3.74. The van der Waals surface area contributed by atoms with Crippen molar-refractivity contribution in [3.63, 3.8) is 0 Å². The second-order valence-electron chi connectivity index (χ2n) is 4.04. The van der Waals surface area contributed by atoms with Crippen molar-refractivity contribution in [1.29, 1.82) is 0 Å². The third-order valence-electron chi connectivity index (χ3n) is 2.93. The third-order valence-corrected chi connectivity index (χ3v) is 2.93. The van der Waals surface area contributed by atoms with E-state index in [0.717, 1.165) is 5.82 Å². The van der Waals surface area contributed by atoms with Crippen LogP contribution in [0, 0.1) is 27.7 Å². The molecule has 4 heteroatoms. The summed E-state index contributed by atoms with van der Waals surface area (Å²) in [6, 6.07) is 0. The molecule has 0 saturated heterocycles. The molecule has 0 bridgehead atoms. The molecule has 2 aromatic heterocycles. The quantitative estimate of drug-likeness (QED) is 0.705. The van der Waals surface area contributed by atoms with E-state index in [-0.39, 0.29) is 7.43 Å². The highest BCUT2D eigenvalue weighted by Gasteiger charge is 1.94. The zero-order chi connectivity index (χ0) is 12.3. The van der Waals surface area contributed by atoms with Gasteiger partial charge in [0, 0.05) is 31.7 Å². The molecule has 96 valence electrons. The van der Waals surface area contributed by atoms with Gasteiger partial charge in [0.15, 0.2) is 0 Å². The second-order valence-corrected chi connectivity index (χ2v) is 4.04. The molecular formula is C13H24N4. The van der Waals surface area contributed by atoms with Gasteiger partial charge in [-0.1, -0.05) is 7.43 Å². The summed E-state index contributed by atoms with van der Waals surface area (Å²) in [6.45, 7) is 8.15. The molecule has 0 aliphatic carbocycles. The van der Waals surface area contributed by atoms with Crippen molar-refractivity contribution in [1.82, 2.24) is 19.3 Å². The Labute approximate surface area is 104 Å². The van der Waals surface area contributed by atoms with Crippen molar-refractivity contribution in [2.45, 2.75) is 35.1 Å². The molecule has 0 N–H and O–H groups in total. The van der Waals surface area contributed by atoms with Crippen LogP contribution in [0.2, 0.25) is 0 Å². The molecule has 0 aromatic carbocycles. The summed E-state index contributed by atoms with van der Waals surface area (Å²) in [5.41, 5.74) is 3.71. The van der Waals surface area contributed by atoms with Gasteiger partial charge < -0.3 is 4.57 Å². The molecule has 0 spiro atoms. The average molecular weight is 236 g/mol. The van der Waals surface area contributed by atoms with Crippen LogP contribution in [0.25, 0.3) is 0 Å². The molecule has 4 nitrogen and oxygen atoms in total. The normalized spacial score (nSPS) is 9.29. The van der Waals surface area contributed by atoms with Gasteiger partial charge in [-0.15, -0.1) is 0 Å². The average Bonchev–Trinajstić information content (AvgIpc) is 2.70. The molecule has 0 fully saturated rings. The summed E-state index contributed by atoms with van der Waals surface area (Å²) >= 11 is 0. The molecule has 2 heterocycles. The predicted molar refractivity (Wildman–Crippen MR) is 72.1 cm³/mol. The number of aromatic nitrogens is 4. The van der Waals surface area contributed by atoms with E-state index in [0.29, 0.717) is 0 Å². The van der Waals surface area contributed by atoms with Crippen LogP contribution in [0.15, 0.2) is 12.4 Å². The van der Waals surface area contributed by atoms with E-state index in [4.69, 9.17) is 0 Å². The molecular weight excluding hydrogens is 212 g/mol. The lowest BCUT2D eigenvalue weighted by atomic mass is 10.3. The minimum Gasteiger partial charge on any atom is -0.336 e. The van der Waals surface area contributed by atoms with E-state index in [1.165, 1.54) is 17.0 Å². The second kappa shape index (κ2) is 6.23. The number of imidazole rings is 1. The first-order valence-corrected chi connectivity index (χ1v) is 5.33. The fourth-order valence-electron chi connectivity index (χ4n) is 1.22. The molecule has 2 rings (SSSR count). The van der Waals surface area contributed by atoms with Crippen molar-refractivity contribution in [3.05, 3.63) is 35.2 Å². The van der Waals surface area contributed by atoms with E-state index in [9.17, 15) is 0 Å². The first-order valence-electron chi connectivity index (χ1n) is 5.33. The Bertz CT molecular complexity index is 382. The number of aryl methyl sites for hydroxylation is 4. The van der Waals surface area contributed by atoms with Crippen molar-refractivity contribution >= 4 is 0 Å². The highest BCUT2D eigenvalue weighted by atomic mass is 15.3. The largest absolute Gasteiger partial charge is 0.336 e. The molecule has 0 unspecified atom stereocenters. The monoisotopic (exact) mass is 236 g/mol. The zero-order valence-corrected chi connectivity index (χ0v) is 10.9. The van der Waals surface area contributed by atoms with Gasteiger partial charge >= 0.3 is 0 Å². The summed E-state index contributed by atoms with van der Waals surface area (Å²) in [7, 11) is 3.96. The van der Waals surface area contributed by atoms with Gasteiger partial charge in [0.25, 0.3) is 0 Å². The van der Waals surface area contributed by atoms with Gasteiger partial charge in [0.05, 0.1) is 6.20 Å². The van der Waals surface area contributed by atoms with Gasteiger partial charge in [-0.25, -0.2) is 4.98 Å². The van der Waals surface area contributed by atoms with E-state index < -0.39 is 0 Å². The Morgan fingerprint density at radius 1 is 1.00 bits per heavy atom. The van der Waals surface area contributed by atoms with Crippen LogP contribution in [0.3, 0.4) is 0 Å². The van der Waals surface area contributed by atoms with Gasteiger partial charge in [-0.05, 0) is 33.3 Å². The van der Waals surface area contributed by atoms with Crippen LogP contribution in [-0.4, -0.2) is 19.3 Å². The van der Waals surface area contributed by atoms with Crippen molar-refractivity contribution in [3.8, 4) is 0 Å². The fourth-order valence-corrected chi connectivity index (χ4v) is 1.22. The lowest BCUT2D eigenvalue weighted by Crippen LogP contribution is -1.92. The Balaban J connectivity index is 0.000000284. The molecule has 0 aliphatic heterocycles. The maximum Gasteiger partial charge on any atom is 0.105 e. The highest BCUT2D eigenvalue weighted by Crippen LogP contribution is 2.00. The minimum absolute atomic E-state index is 0. The Morgan fingerprint density at radius 2 is 1.59 bits per heavy atom. The summed E-state index contributed by atoms with van der Waals surface area (Å²) < 4.78 is 3.93. The van der Waals surface area contributed by atoms with E-state index in [1.807, 2.05) is 45.0 Å². The standard InChI is InChI=1S/2C6H10N2.CH4/c1-5-4-7-6(2)8(5)3;1-5-4-7-8(3)6(5)2;/h2*4H,1-3H3;1H4. The van der Waals surface area contributed by atoms with Crippen LogP contribution >= 0.6 is 0 Å². The first kappa shape index (κ1) is 15.4. The summed E-state index contributed by atoms with van der Waals surface area (Å²) in [5.74, 6) is 1.07. The Morgan fingerprint density at radius 3 is 1.71 bits per heavy atom. The third kappa shape index (κ3) is 3.73. The molecule has 17 heavy (non-hydrogen) atoms. The van der Waals surface area contributed by atoms with Gasteiger partial charge in [-0.2, -0.15) is 5.10 Å². The molecule has 0 saturated carbocycles. The van der Waals surface area contributed by atoms with Crippen LogP contribution in [0.1, 0.15) is 30.2 Å². The van der Waals surface area contributed by atoms with Crippen molar-refractivity contribution in [2.24, 2.45) is 14.1 Å². The van der Waals surface area contributed by atoms with Gasteiger partial charge in [-0.3, -0.25) is 4.68 Å². The smallest absolute Gasteiger partial charge is 0.105 e. The summed E-state index contributed by atoms with van der Waals surface area (Å²) in [4.78, 5) is 4.08. The lowest BCUT2D eigenvalue weighted by Gasteiger charge is -1.93. The minimum atomic E-state index is 0. The molecule has 0 amide bonds. The lowest BCUT2D eigenvalue weighted by molar-refractivity contribution is 0.739. The highest BCUT2D eigenvalue weighted by molar-refractivity contribution is 5.12. The topological polar surface area (TPSA) is 35.6 Å². The molecule has 2 aromatic rings. The van der Waals surface area contributed by atoms with Crippen molar-refractivity contribution < 1.29 is 0 Å². The zero-order valence-electron chi connectivity index (χ0n) is 10.9. The van der Waals surface area contributed by atoms with Crippen LogP contribution in [0.4, 0.5) is 0 Å². The maximum absolute atomic E-state index is 4.08. The predicted octanol–water partition coefficient (Wildman–Crippen LogP) is 2.71. The van der Waals surface area contributed by atoms with E-state index >= 15 is 0 Å².